The van der Waals surface area contributed by atoms with E-state index in [-0.39, 0.29) is 17.4 Å². The fraction of sp³-hybridized carbons (Fsp3) is 0.200. The molecule has 110 valence electrons. The zero-order valence-electron chi connectivity index (χ0n) is 10.7. The van der Waals surface area contributed by atoms with Gasteiger partial charge in [0.05, 0.1) is 9.82 Å². The SMILES string of the molecule is Cc1ccc([N+](=O)[O-])c(SSc2nnnn2CC(=O)O)c1. The monoisotopic (exact) mass is 327 g/mol. The number of aryl methyl sites for hydroxylation is 1. The molecular formula is C10H9N5O4S2. The molecule has 0 atom stereocenters. The fourth-order valence-corrected chi connectivity index (χ4v) is 3.54. The molecule has 1 aromatic carbocycles. The van der Waals surface area contributed by atoms with Crippen molar-refractivity contribution in [1.29, 1.82) is 0 Å². The van der Waals surface area contributed by atoms with Crippen molar-refractivity contribution in [2.45, 2.75) is 23.5 Å². The predicted octanol–water partition coefficient (Wildman–Crippen LogP) is 1.77. The van der Waals surface area contributed by atoms with Gasteiger partial charge in [0.1, 0.15) is 6.54 Å². The second-order valence-electron chi connectivity index (χ2n) is 3.91. The highest BCUT2D eigenvalue weighted by Crippen LogP contribution is 2.40. The van der Waals surface area contributed by atoms with E-state index in [0.717, 1.165) is 31.8 Å². The van der Waals surface area contributed by atoms with Crippen LogP contribution in [0.25, 0.3) is 0 Å². The Balaban J connectivity index is 2.17. The molecular weight excluding hydrogens is 318 g/mol. The maximum absolute atomic E-state index is 11.0. The Kier molecular flexibility index (Phi) is 4.75. The molecule has 1 heterocycles. The summed E-state index contributed by atoms with van der Waals surface area (Å²) in [6.45, 7) is 1.46. The lowest BCUT2D eigenvalue weighted by molar-refractivity contribution is -0.387. The van der Waals surface area contributed by atoms with E-state index in [2.05, 4.69) is 15.5 Å². The summed E-state index contributed by atoms with van der Waals surface area (Å²) in [6, 6.07) is 4.76. The van der Waals surface area contributed by atoms with Crippen LogP contribution in [-0.4, -0.2) is 36.2 Å². The van der Waals surface area contributed by atoms with E-state index in [1.54, 1.807) is 12.1 Å². The van der Waals surface area contributed by atoms with Crippen LogP contribution < -0.4 is 0 Å². The van der Waals surface area contributed by atoms with Gasteiger partial charge in [-0.3, -0.25) is 14.9 Å². The zero-order chi connectivity index (χ0) is 15.4. The van der Waals surface area contributed by atoms with Crippen molar-refractivity contribution in [3.05, 3.63) is 33.9 Å². The quantitative estimate of drug-likeness (QED) is 0.480. The normalized spacial score (nSPS) is 10.5. The third kappa shape index (κ3) is 3.92. The second kappa shape index (κ2) is 6.54. The summed E-state index contributed by atoms with van der Waals surface area (Å²) in [5.41, 5.74) is 0.865. The first-order chi connectivity index (χ1) is 9.97. The summed E-state index contributed by atoms with van der Waals surface area (Å²) in [5.74, 6) is -1.07. The van der Waals surface area contributed by atoms with Crippen molar-refractivity contribution >= 4 is 33.2 Å². The van der Waals surface area contributed by atoms with Gasteiger partial charge in [0.25, 0.3) is 5.69 Å². The molecule has 9 nitrogen and oxygen atoms in total. The molecule has 0 bridgehead atoms. The van der Waals surface area contributed by atoms with Crippen LogP contribution in [0.4, 0.5) is 5.69 Å². The Morgan fingerprint density at radius 1 is 1.48 bits per heavy atom. The van der Waals surface area contributed by atoms with Crippen LogP contribution in [0.5, 0.6) is 0 Å². The molecule has 0 spiro atoms. The number of rotatable bonds is 6. The fourth-order valence-electron chi connectivity index (χ4n) is 1.40. The number of carbonyl (C=O) groups is 1. The van der Waals surface area contributed by atoms with Crippen LogP contribution in [0.15, 0.2) is 28.3 Å². The minimum absolute atomic E-state index is 0.0182. The molecule has 0 saturated carbocycles. The van der Waals surface area contributed by atoms with Crippen LogP contribution in [0.3, 0.4) is 0 Å². The van der Waals surface area contributed by atoms with Gasteiger partial charge in [-0.25, -0.2) is 4.68 Å². The van der Waals surface area contributed by atoms with Crippen LogP contribution in [0.2, 0.25) is 0 Å². The van der Waals surface area contributed by atoms with Gasteiger partial charge in [-0.15, -0.1) is 5.10 Å². The van der Waals surface area contributed by atoms with Crippen molar-refractivity contribution < 1.29 is 14.8 Å². The number of carboxylic acids is 1. The van der Waals surface area contributed by atoms with E-state index in [9.17, 15) is 14.9 Å². The zero-order valence-corrected chi connectivity index (χ0v) is 12.3. The van der Waals surface area contributed by atoms with E-state index in [4.69, 9.17) is 5.11 Å². The Morgan fingerprint density at radius 3 is 2.90 bits per heavy atom. The highest BCUT2D eigenvalue weighted by atomic mass is 33.1. The first kappa shape index (κ1) is 15.3. The lowest BCUT2D eigenvalue weighted by Gasteiger charge is -2.03. The minimum atomic E-state index is -1.07. The van der Waals surface area contributed by atoms with E-state index in [1.807, 2.05) is 6.92 Å². The van der Waals surface area contributed by atoms with E-state index < -0.39 is 10.9 Å². The van der Waals surface area contributed by atoms with Crippen molar-refractivity contribution in [1.82, 2.24) is 20.2 Å². The van der Waals surface area contributed by atoms with Crippen molar-refractivity contribution in [3.63, 3.8) is 0 Å². The van der Waals surface area contributed by atoms with Gasteiger partial charge in [-0.2, -0.15) is 0 Å². The summed E-state index contributed by atoms with van der Waals surface area (Å²) >= 11 is 0. The van der Waals surface area contributed by atoms with Crippen molar-refractivity contribution in [2.24, 2.45) is 0 Å². The molecule has 0 aliphatic heterocycles. The smallest absolute Gasteiger partial charge is 0.325 e. The summed E-state index contributed by atoms with van der Waals surface area (Å²) in [7, 11) is 2.17. The van der Waals surface area contributed by atoms with Crippen LogP contribution >= 0.6 is 21.6 Å². The Morgan fingerprint density at radius 2 is 2.24 bits per heavy atom. The number of hydrogen-bond acceptors (Lipinski definition) is 8. The van der Waals surface area contributed by atoms with Crippen molar-refractivity contribution in [2.75, 3.05) is 0 Å². The molecule has 21 heavy (non-hydrogen) atoms. The highest BCUT2D eigenvalue weighted by Gasteiger charge is 2.17. The molecule has 0 amide bonds. The van der Waals surface area contributed by atoms with E-state index in [1.165, 1.54) is 6.07 Å². The molecule has 0 saturated heterocycles. The summed E-state index contributed by atoms with van der Waals surface area (Å²) in [4.78, 5) is 21.6. The van der Waals surface area contributed by atoms with Crippen molar-refractivity contribution in [3.8, 4) is 0 Å². The Hall–Kier alpha value is -2.14. The standard InChI is InChI=1S/C10H9N5O4S2/c1-6-2-3-7(15(18)19)8(4-6)20-21-10-11-12-13-14(10)5-9(16)17/h2-4H,5H2,1H3,(H,16,17). The van der Waals surface area contributed by atoms with E-state index in [0.29, 0.717) is 4.90 Å². The number of hydrogen-bond donors (Lipinski definition) is 1. The molecule has 0 aliphatic carbocycles. The number of benzene rings is 1. The lowest BCUT2D eigenvalue weighted by atomic mass is 10.2. The number of aromatic nitrogens is 4. The third-order valence-electron chi connectivity index (χ3n) is 2.30. The van der Waals surface area contributed by atoms with Gasteiger partial charge in [0, 0.05) is 6.07 Å². The van der Waals surface area contributed by atoms with Gasteiger partial charge in [0.2, 0.25) is 5.16 Å². The van der Waals surface area contributed by atoms with Crippen LogP contribution in [0.1, 0.15) is 5.56 Å². The summed E-state index contributed by atoms with van der Waals surface area (Å²) < 4.78 is 1.11. The number of carboxylic acid groups (broad SMARTS) is 1. The lowest BCUT2D eigenvalue weighted by Crippen LogP contribution is -2.11. The Bertz CT molecular complexity index is 690. The summed E-state index contributed by atoms with van der Waals surface area (Å²) in [5, 5.41) is 30.6. The third-order valence-corrected chi connectivity index (χ3v) is 4.57. The van der Waals surface area contributed by atoms with Gasteiger partial charge < -0.3 is 5.11 Å². The molecule has 0 unspecified atom stereocenters. The predicted molar refractivity (Wildman–Crippen MR) is 75.0 cm³/mol. The molecule has 1 N–H and O–H groups in total. The Labute approximate surface area is 126 Å². The number of aliphatic carboxylic acids is 1. The van der Waals surface area contributed by atoms with Gasteiger partial charge in [-0.05, 0) is 50.6 Å². The second-order valence-corrected chi connectivity index (χ2v) is 6.05. The molecule has 0 radical (unpaired) electrons. The molecule has 2 rings (SSSR count). The average Bonchev–Trinajstić information content (AvgIpc) is 2.82. The van der Waals surface area contributed by atoms with E-state index >= 15 is 0 Å². The first-order valence-electron chi connectivity index (χ1n) is 5.55. The molecule has 2 aromatic rings. The van der Waals surface area contributed by atoms with Gasteiger partial charge in [-0.1, -0.05) is 6.07 Å². The number of nitro groups is 1. The van der Waals surface area contributed by atoms with Crippen LogP contribution in [0, 0.1) is 17.0 Å². The molecule has 11 heteroatoms. The average molecular weight is 327 g/mol. The first-order valence-corrected chi connectivity index (χ1v) is 7.70. The van der Waals surface area contributed by atoms with Gasteiger partial charge in [0.15, 0.2) is 0 Å². The highest BCUT2D eigenvalue weighted by molar-refractivity contribution is 8.76. The topological polar surface area (TPSA) is 124 Å². The molecule has 0 fully saturated rings. The number of nitrogens with zero attached hydrogens (tertiary/aromatic N) is 5. The largest absolute Gasteiger partial charge is 0.480 e. The minimum Gasteiger partial charge on any atom is -0.480 e. The summed E-state index contributed by atoms with van der Waals surface area (Å²) in [6.07, 6.45) is 0. The molecule has 1 aromatic heterocycles. The molecule has 0 aliphatic rings. The maximum Gasteiger partial charge on any atom is 0.325 e. The van der Waals surface area contributed by atoms with Gasteiger partial charge >= 0.3 is 5.97 Å². The maximum atomic E-state index is 11.0. The number of tetrazole rings is 1. The number of nitro benzene ring substituents is 1. The van der Waals surface area contributed by atoms with Crippen LogP contribution in [-0.2, 0) is 11.3 Å².